The molecule has 0 aliphatic heterocycles. The van der Waals surface area contributed by atoms with Crippen molar-refractivity contribution in [2.75, 3.05) is 27.3 Å². The van der Waals surface area contributed by atoms with Crippen LogP contribution in [0.3, 0.4) is 0 Å². The molecular formula is C16H36N2O2. The fourth-order valence-electron chi connectivity index (χ4n) is 2.31. The summed E-state index contributed by atoms with van der Waals surface area (Å²) < 4.78 is 4.93. The number of urea groups is 1. The summed E-state index contributed by atoms with van der Waals surface area (Å²) in [7, 11) is 3.44. The van der Waals surface area contributed by atoms with Crippen molar-refractivity contribution in [1.82, 2.24) is 10.2 Å². The Kier molecular flexibility index (Phi) is 11.5. The van der Waals surface area contributed by atoms with Gasteiger partial charge in [0, 0.05) is 28.2 Å². The van der Waals surface area contributed by atoms with E-state index in [1.54, 1.807) is 19.1 Å². The largest absolute Gasteiger partial charge is 0.383 e. The van der Waals surface area contributed by atoms with Gasteiger partial charge < -0.3 is 15.0 Å². The second kappa shape index (κ2) is 12.0. The molecule has 1 fully saturated rings. The van der Waals surface area contributed by atoms with E-state index in [0.717, 1.165) is 18.8 Å². The van der Waals surface area contributed by atoms with E-state index in [0.29, 0.717) is 19.2 Å². The maximum Gasteiger partial charge on any atom is 0.317 e. The number of carbonyl (C=O) groups is 1. The Bertz CT molecular complexity index is 250. The SMILES string of the molecule is CCCCC.COCCN(C)C(=O)NC1CCC(C)C1.[HH]. The number of likely N-dealkylation sites (N-methyl/N-ethyl adjacent to an activating group) is 1. The van der Waals surface area contributed by atoms with Crippen LogP contribution in [0.1, 0.15) is 60.7 Å². The quantitative estimate of drug-likeness (QED) is 0.805. The third kappa shape index (κ3) is 9.18. The van der Waals surface area contributed by atoms with Gasteiger partial charge in [-0.15, -0.1) is 0 Å². The molecule has 1 aliphatic rings. The van der Waals surface area contributed by atoms with Gasteiger partial charge >= 0.3 is 6.03 Å². The van der Waals surface area contributed by atoms with Crippen LogP contribution in [-0.2, 0) is 4.74 Å². The Morgan fingerprint density at radius 2 is 2.00 bits per heavy atom. The van der Waals surface area contributed by atoms with Gasteiger partial charge in [0.15, 0.2) is 0 Å². The molecule has 4 heteroatoms. The number of nitrogens with zero attached hydrogens (tertiary/aromatic N) is 1. The van der Waals surface area contributed by atoms with E-state index in [9.17, 15) is 4.79 Å². The van der Waals surface area contributed by atoms with Crippen molar-refractivity contribution in [3.05, 3.63) is 0 Å². The minimum Gasteiger partial charge on any atom is -0.383 e. The molecule has 0 spiro atoms. The van der Waals surface area contributed by atoms with E-state index in [4.69, 9.17) is 4.74 Å². The molecule has 0 radical (unpaired) electrons. The van der Waals surface area contributed by atoms with E-state index in [1.807, 2.05) is 0 Å². The van der Waals surface area contributed by atoms with Gasteiger partial charge in [-0.2, -0.15) is 0 Å². The van der Waals surface area contributed by atoms with E-state index < -0.39 is 0 Å². The van der Waals surface area contributed by atoms with Crippen LogP contribution in [-0.4, -0.2) is 44.3 Å². The van der Waals surface area contributed by atoms with Crippen molar-refractivity contribution in [2.24, 2.45) is 5.92 Å². The molecule has 0 bridgehead atoms. The average molecular weight is 288 g/mol. The van der Waals surface area contributed by atoms with Gasteiger partial charge in [0.2, 0.25) is 0 Å². The normalized spacial score (nSPS) is 21.1. The molecule has 1 rings (SSSR count). The third-order valence-corrected chi connectivity index (χ3v) is 3.71. The molecule has 20 heavy (non-hydrogen) atoms. The minimum absolute atomic E-state index is 0. The summed E-state index contributed by atoms with van der Waals surface area (Å²) in [5, 5.41) is 3.05. The molecule has 0 aromatic rings. The van der Waals surface area contributed by atoms with Crippen LogP contribution in [0.15, 0.2) is 0 Å². The van der Waals surface area contributed by atoms with E-state index in [2.05, 4.69) is 26.1 Å². The first-order valence-corrected chi connectivity index (χ1v) is 8.05. The molecule has 1 N–H and O–H groups in total. The summed E-state index contributed by atoms with van der Waals surface area (Å²) in [5.74, 6) is 0.750. The number of unbranched alkanes of at least 4 members (excludes halogenated alkanes) is 2. The van der Waals surface area contributed by atoms with Crippen LogP contribution in [0, 0.1) is 5.92 Å². The van der Waals surface area contributed by atoms with E-state index >= 15 is 0 Å². The molecule has 2 atom stereocenters. The average Bonchev–Trinajstić information content (AvgIpc) is 2.83. The topological polar surface area (TPSA) is 41.6 Å². The summed E-state index contributed by atoms with van der Waals surface area (Å²) in [6, 6.07) is 0.392. The molecule has 1 aliphatic carbocycles. The molecule has 0 heterocycles. The van der Waals surface area contributed by atoms with Gasteiger partial charge in [0.05, 0.1) is 6.61 Å². The summed E-state index contributed by atoms with van der Waals surface area (Å²) in [6.07, 6.45) is 7.54. The molecular weight excluding hydrogens is 252 g/mol. The summed E-state index contributed by atoms with van der Waals surface area (Å²) in [5.41, 5.74) is 0. The van der Waals surface area contributed by atoms with Gasteiger partial charge in [0.25, 0.3) is 0 Å². The molecule has 0 aromatic carbocycles. The second-order valence-electron chi connectivity index (χ2n) is 5.83. The molecule has 122 valence electrons. The van der Waals surface area contributed by atoms with Gasteiger partial charge in [-0.05, 0) is 25.2 Å². The maximum absolute atomic E-state index is 11.7. The predicted molar refractivity (Wildman–Crippen MR) is 87.2 cm³/mol. The first kappa shape index (κ1) is 19.2. The van der Waals surface area contributed by atoms with E-state index in [-0.39, 0.29) is 7.46 Å². The Hall–Kier alpha value is -0.770. The number of hydrogen-bond acceptors (Lipinski definition) is 2. The number of amides is 2. The fourth-order valence-corrected chi connectivity index (χ4v) is 2.31. The summed E-state index contributed by atoms with van der Waals surface area (Å²) in [4.78, 5) is 13.3. The molecule has 2 amide bonds. The number of hydrogen-bond donors (Lipinski definition) is 1. The van der Waals surface area contributed by atoms with Crippen molar-refractivity contribution in [3.8, 4) is 0 Å². The van der Waals surface area contributed by atoms with Crippen molar-refractivity contribution >= 4 is 6.03 Å². The van der Waals surface area contributed by atoms with Gasteiger partial charge in [-0.1, -0.05) is 40.0 Å². The Balaban J connectivity index is 0. The standard InChI is InChI=1S/C11H22N2O2.C5H12.H2/c1-9-4-5-10(8-9)12-11(14)13(2)6-7-15-3;1-3-5-4-2;/h9-10H,4-8H2,1-3H3,(H,12,14);3-5H2,1-2H3;1H. The number of rotatable bonds is 6. The number of nitrogens with one attached hydrogen (secondary N) is 1. The zero-order valence-electron chi connectivity index (χ0n) is 14.1. The van der Waals surface area contributed by atoms with Crippen molar-refractivity contribution in [2.45, 2.75) is 65.3 Å². The smallest absolute Gasteiger partial charge is 0.317 e. The van der Waals surface area contributed by atoms with Crippen molar-refractivity contribution in [3.63, 3.8) is 0 Å². The Labute approximate surface area is 126 Å². The van der Waals surface area contributed by atoms with E-state index in [1.165, 1.54) is 25.7 Å². The Morgan fingerprint density at radius 1 is 1.35 bits per heavy atom. The lowest BCUT2D eigenvalue weighted by molar-refractivity contribution is 0.158. The van der Waals surface area contributed by atoms with Crippen LogP contribution in [0.25, 0.3) is 0 Å². The van der Waals surface area contributed by atoms with Crippen LogP contribution >= 0.6 is 0 Å². The Morgan fingerprint density at radius 3 is 2.40 bits per heavy atom. The summed E-state index contributed by atoms with van der Waals surface area (Å²) >= 11 is 0. The lowest BCUT2D eigenvalue weighted by atomic mass is 10.1. The summed E-state index contributed by atoms with van der Waals surface area (Å²) in [6.45, 7) is 7.89. The van der Waals surface area contributed by atoms with Crippen LogP contribution < -0.4 is 5.32 Å². The zero-order chi connectivity index (χ0) is 15.4. The number of methoxy groups -OCH3 is 1. The van der Waals surface area contributed by atoms with Gasteiger partial charge in [0.1, 0.15) is 0 Å². The highest BCUT2D eigenvalue weighted by molar-refractivity contribution is 5.74. The van der Waals surface area contributed by atoms with Crippen LogP contribution in [0.5, 0.6) is 0 Å². The fraction of sp³-hybridized carbons (Fsp3) is 0.938. The van der Waals surface area contributed by atoms with Crippen LogP contribution in [0.2, 0.25) is 0 Å². The first-order chi connectivity index (χ1) is 9.54. The molecule has 0 aromatic heterocycles. The number of carbonyl (C=O) groups excluding carboxylic acids is 1. The molecule has 2 unspecified atom stereocenters. The highest BCUT2D eigenvalue weighted by Crippen LogP contribution is 2.24. The van der Waals surface area contributed by atoms with Gasteiger partial charge in [-0.3, -0.25) is 0 Å². The van der Waals surface area contributed by atoms with Crippen molar-refractivity contribution in [1.29, 1.82) is 0 Å². The maximum atomic E-state index is 11.7. The third-order valence-electron chi connectivity index (χ3n) is 3.71. The highest BCUT2D eigenvalue weighted by atomic mass is 16.5. The monoisotopic (exact) mass is 288 g/mol. The predicted octanol–water partition coefficient (Wildman–Crippen LogP) is 3.91. The highest BCUT2D eigenvalue weighted by Gasteiger charge is 2.23. The van der Waals surface area contributed by atoms with Gasteiger partial charge in [-0.25, -0.2) is 4.79 Å². The van der Waals surface area contributed by atoms with Crippen molar-refractivity contribution < 1.29 is 11.0 Å². The minimum atomic E-state index is 0. The molecule has 4 nitrogen and oxygen atoms in total. The molecule has 0 saturated heterocycles. The first-order valence-electron chi connectivity index (χ1n) is 8.05. The van der Waals surface area contributed by atoms with Crippen LogP contribution in [0.4, 0.5) is 4.79 Å². The second-order valence-corrected chi connectivity index (χ2v) is 5.83. The lowest BCUT2D eigenvalue weighted by Crippen LogP contribution is -2.43. The zero-order valence-corrected chi connectivity index (χ0v) is 14.1. The number of ether oxygens (including phenoxy) is 1. The molecule has 1 saturated carbocycles. The lowest BCUT2D eigenvalue weighted by Gasteiger charge is -2.20.